The monoisotopic (exact) mass is 335 g/mol. The van der Waals surface area contributed by atoms with Gasteiger partial charge in [0.05, 0.1) is 6.61 Å². The number of carbonyl (C=O) groups excluding carboxylic acids is 1. The summed E-state index contributed by atoms with van der Waals surface area (Å²) in [5.41, 5.74) is 0.900. The lowest BCUT2D eigenvalue weighted by atomic mass is 10.0. The highest BCUT2D eigenvalue weighted by molar-refractivity contribution is 5.76. The largest absolute Gasteiger partial charge is 0.381 e. The molecule has 0 spiro atoms. The Hall–Kier alpha value is -1.66. The fourth-order valence-electron chi connectivity index (χ4n) is 3.31. The molecule has 3 rings (SSSR count). The lowest BCUT2D eigenvalue weighted by Gasteiger charge is -2.34. The Kier molecular flexibility index (Phi) is 6.04. The Bertz CT molecular complexity index is 532. The maximum atomic E-state index is 13.0. The van der Waals surface area contributed by atoms with Crippen LogP contribution in [0.3, 0.4) is 0 Å². The molecular weight excluding hydrogens is 309 g/mol. The number of piperidine rings is 1. The van der Waals surface area contributed by atoms with Crippen LogP contribution in [-0.2, 0) is 9.63 Å². The van der Waals surface area contributed by atoms with Crippen molar-refractivity contribution >= 4 is 11.6 Å². The fraction of sp³-hybridized carbons (Fsp3) is 0.611. The highest BCUT2D eigenvalue weighted by Crippen LogP contribution is 2.17. The van der Waals surface area contributed by atoms with Crippen molar-refractivity contribution in [2.75, 3.05) is 38.1 Å². The Morgan fingerprint density at radius 1 is 1.21 bits per heavy atom. The molecule has 0 bridgehead atoms. The van der Waals surface area contributed by atoms with Gasteiger partial charge in [-0.1, -0.05) is 0 Å². The van der Waals surface area contributed by atoms with Gasteiger partial charge in [0.15, 0.2) is 0 Å². The van der Waals surface area contributed by atoms with Crippen molar-refractivity contribution in [3.8, 4) is 0 Å². The van der Waals surface area contributed by atoms with Crippen molar-refractivity contribution in [2.45, 2.75) is 38.1 Å². The van der Waals surface area contributed by atoms with E-state index in [-0.39, 0.29) is 17.8 Å². The molecule has 2 aliphatic heterocycles. The van der Waals surface area contributed by atoms with Gasteiger partial charge in [0.2, 0.25) is 5.91 Å². The minimum Gasteiger partial charge on any atom is -0.381 e. The van der Waals surface area contributed by atoms with Gasteiger partial charge in [0.1, 0.15) is 5.82 Å². The Morgan fingerprint density at radius 3 is 2.79 bits per heavy atom. The van der Waals surface area contributed by atoms with Gasteiger partial charge in [-0.2, -0.15) is 5.06 Å². The Morgan fingerprint density at radius 2 is 2.04 bits per heavy atom. The number of anilines is 1. The maximum Gasteiger partial charge on any atom is 0.224 e. The maximum absolute atomic E-state index is 13.0. The first-order valence-corrected chi connectivity index (χ1v) is 8.88. The predicted octanol–water partition coefficient (Wildman–Crippen LogP) is 2.65. The van der Waals surface area contributed by atoms with Crippen molar-refractivity contribution in [3.05, 3.63) is 30.1 Å². The molecule has 132 valence electrons. The zero-order valence-electron chi connectivity index (χ0n) is 14.0. The van der Waals surface area contributed by atoms with E-state index in [4.69, 9.17) is 4.84 Å². The van der Waals surface area contributed by atoms with Crippen LogP contribution in [0.5, 0.6) is 0 Å². The minimum absolute atomic E-state index is 0.190. The van der Waals surface area contributed by atoms with Gasteiger partial charge in [-0.25, -0.2) is 4.39 Å². The van der Waals surface area contributed by atoms with Crippen molar-refractivity contribution < 1.29 is 14.0 Å². The van der Waals surface area contributed by atoms with Gasteiger partial charge in [-0.3, -0.25) is 9.63 Å². The first kappa shape index (κ1) is 17.2. The molecule has 5 nitrogen and oxygen atoms in total. The lowest BCUT2D eigenvalue weighted by molar-refractivity contribution is -0.182. The molecule has 1 atom stereocenters. The van der Waals surface area contributed by atoms with E-state index in [9.17, 15) is 9.18 Å². The van der Waals surface area contributed by atoms with Crippen molar-refractivity contribution in [2.24, 2.45) is 0 Å². The standard InChI is InChI=1S/C18H26FN3O2/c19-15-5-7-16(8-6-15)20-17-4-3-10-21(14-17)18(23)9-12-22-11-1-2-13-24-22/h5-8,17,20H,1-4,9-14H2/t17-/m1/s1. The summed E-state index contributed by atoms with van der Waals surface area (Å²) in [7, 11) is 0. The molecule has 24 heavy (non-hydrogen) atoms. The fourth-order valence-corrected chi connectivity index (χ4v) is 3.31. The number of nitrogens with zero attached hydrogens (tertiary/aromatic N) is 2. The number of carbonyl (C=O) groups is 1. The van der Waals surface area contributed by atoms with Gasteiger partial charge >= 0.3 is 0 Å². The molecule has 2 heterocycles. The zero-order valence-corrected chi connectivity index (χ0v) is 14.0. The average Bonchev–Trinajstić information content (AvgIpc) is 2.63. The van der Waals surface area contributed by atoms with Crippen LogP contribution < -0.4 is 5.32 Å². The topological polar surface area (TPSA) is 44.8 Å². The predicted molar refractivity (Wildman–Crippen MR) is 91.0 cm³/mol. The van der Waals surface area contributed by atoms with Gasteiger partial charge in [-0.15, -0.1) is 0 Å². The number of nitrogens with one attached hydrogen (secondary N) is 1. The van der Waals surface area contributed by atoms with Crippen LogP contribution in [0.2, 0.25) is 0 Å². The third kappa shape index (κ3) is 4.92. The first-order valence-electron chi connectivity index (χ1n) is 8.88. The summed E-state index contributed by atoms with van der Waals surface area (Å²) in [6, 6.07) is 6.60. The van der Waals surface area contributed by atoms with E-state index in [1.165, 1.54) is 12.1 Å². The van der Waals surface area contributed by atoms with Crippen LogP contribution in [0.25, 0.3) is 0 Å². The highest BCUT2D eigenvalue weighted by atomic mass is 19.1. The molecule has 0 radical (unpaired) electrons. The summed E-state index contributed by atoms with van der Waals surface area (Å²) in [4.78, 5) is 19.9. The van der Waals surface area contributed by atoms with Crippen LogP contribution >= 0.6 is 0 Å². The molecule has 1 amide bonds. The van der Waals surface area contributed by atoms with Crippen LogP contribution in [0.15, 0.2) is 24.3 Å². The SMILES string of the molecule is O=C(CCN1CCCCO1)N1CCC[C@@H](Nc2ccc(F)cc2)C1. The molecule has 2 saturated heterocycles. The van der Waals surface area contributed by atoms with Crippen LogP contribution in [-0.4, -0.2) is 54.7 Å². The van der Waals surface area contributed by atoms with E-state index in [0.29, 0.717) is 19.5 Å². The summed E-state index contributed by atoms with van der Waals surface area (Å²) in [6.45, 7) is 3.88. The van der Waals surface area contributed by atoms with Gasteiger partial charge in [0, 0.05) is 44.3 Å². The van der Waals surface area contributed by atoms with Gasteiger partial charge in [-0.05, 0) is 49.9 Å². The lowest BCUT2D eigenvalue weighted by Crippen LogP contribution is -2.46. The third-order valence-corrected chi connectivity index (χ3v) is 4.64. The molecule has 2 fully saturated rings. The number of rotatable bonds is 5. The van der Waals surface area contributed by atoms with Crippen LogP contribution in [0, 0.1) is 5.82 Å². The second-order valence-electron chi connectivity index (χ2n) is 6.55. The molecule has 0 unspecified atom stereocenters. The molecule has 6 heteroatoms. The Balaban J connectivity index is 1.45. The summed E-state index contributed by atoms with van der Waals surface area (Å²) in [5, 5.41) is 5.32. The van der Waals surface area contributed by atoms with Gasteiger partial charge in [0.25, 0.3) is 0 Å². The highest BCUT2D eigenvalue weighted by Gasteiger charge is 2.24. The summed E-state index contributed by atoms with van der Waals surface area (Å²) in [5.74, 6) is -0.0456. The normalized spacial score (nSPS) is 22.4. The first-order chi connectivity index (χ1) is 11.7. The second kappa shape index (κ2) is 8.44. The molecule has 1 N–H and O–H groups in total. The van der Waals surface area contributed by atoms with Gasteiger partial charge < -0.3 is 10.2 Å². The van der Waals surface area contributed by atoms with Crippen LogP contribution in [0.1, 0.15) is 32.1 Å². The summed E-state index contributed by atoms with van der Waals surface area (Å²) < 4.78 is 13.0. The molecule has 0 saturated carbocycles. The number of hydroxylamine groups is 2. The molecule has 2 aliphatic rings. The number of hydrogen-bond donors (Lipinski definition) is 1. The van der Waals surface area contributed by atoms with Crippen molar-refractivity contribution in [1.29, 1.82) is 0 Å². The summed E-state index contributed by atoms with van der Waals surface area (Å²) >= 11 is 0. The number of halogens is 1. The van der Waals surface area contributed by atoms with Crippen LogP contribution in [0.4, 0.5) is 10.1 Å². The zero-order chi connectivity index (χ0) is 16.8. The van der Waals surface area contributed by atoms with E-state index in [0.717, 1.165) is 51.1 Å². The Labute approximate surface area is 142 Å². The van der Waals surface area contributed by atoms with E-state index >= 15 is 0 Å². The van der Waals surface area contributed by atoms with E-state index in [1.54, 1.807) is 12.1 Å². The minimum atomic E-state index is -0.235. The second-order valence-corrected chi connectivity index (χ2v) is 6.55. The van der Waals surface area contributed by atoms with Crippen molar-refractivity contribution in [1.82, 2.24) is 9.96 Å². The van der Waals surface area contributed by atoms with Crippen molar-refractivity contribution in [3.63, 3.8) is 0 Å². The number of amides is 1. The van der Waals surface area contributed by atoms with E-state index < -0.39 is 0 Å². The smallest absolute Gasteiger partial charge is 0.224 e. The molecular formula is C18H26FN3O2. The number of benzene rings is 1. The van der Waals surface area contributed by atoms with E-state index in [2.05, 4.69) is 5.32 Å². The average molecular weight is 335 g/mol. The summed E-state index contributed by atoms with van der Waals surface area (Å²) in [6.07, 6.45) is 4.76. The molecule has 0 aromatic heterocycles. The number of likely N-dealkylation sites (tertiary alicyclic amines) is 1. The quantitative estimate of drug-likeness (QED) is 0.898. The van der Waals surface area contributed by atoms with E-state index in [1.807, 2.05) is 9.96 Å². The molecule has 1 aromatic carbocycles. The molecule has 1 aromatic rings. The number of hydrogen-bond acceptors (Lipinski definition) is 4. The third-order valence-electron chi connectivity index (χ3n) is 4.64. The molecule has 0 aliphatic carbocycles.